The normalized spacial score (nSPS) is 10.8. The summed E-state index contributed by atoms with van der Waals surface area (Å²) in [6.07, 6.45) is 1.60. The number of nitrogens with two attached hydrogens (primary N) is 1. The third-order valence-electron chi connectivity index (χ3n) is 3.04. The summed E-state index contributed by atoms with van der Waals surface area (Å²) in [5.74, 6) is 2.07. The second-order valence-electron chi connectivity index (χ2n) is 4.45. The van der Waals surface area contributed by atoms with Crippen molar-refractivity contribution in [3.63, 3.8) is 0 Å². The first-order valence-electron chi connectivity index (χ1n) is 6.54. The van der Waals surface area contributed by atoms with E-state index in [9.17, 15) is 0 Å². The van der Waals surface area contributed by atoms with E-state index < -0.39 is 0 Å². The average molecular weight is 285 g/mol. The van der Waals surface area contributed by atoms with Crippen LogP contribution in [0.1, 0.15) is 6.92 Å². The molecule has 2 N–H and O–H groups in total. The van der Waals surface area contributed by atoms with Crippen molar-refractivity contribution >= 4 is 5.82 Å². The predicted octanol–water partition coefficient (Wildman–Crippen LogP) is 2.12. The van der Waals surface area contributed by atoms with Crippen LogP contribution in [0.15, 0.2) is 35.0 Å². The molecule has 3 rings (SSSR count). The summed E-state index contributed by atoms with van der Waals surface area (Å²) in [4.78, 5) is 4.36. The molecule has 0 saturated heterocycles. The molecule has 0 saturated carbocycles. The highest BCUT2D eigenvalue weighted by Crippen LogP contribution is 2.27. The number of hydrogen-bond acceptors (Lipinski definition) is 6. The minimum Gasteiger partial charge on any atom is -0.494 e. The third kappa shape index (κ3) is 2.45. The van der Waals surface area contributed by atoms with Gasteiger partial charge in [0.15, 0.2) is 0 Å². The van der Waals surface area contributed by atoms with Crippen molar-refractivity contribution in [1.29, 1.82) is 0 Å². The van der Waals surface area contributed by atoms with Gasteiger partial charge in [-0.05, 0) is 19.1 Å². The molecule has 21 heavy (non-hydrogen) atoms. The highest BCUT2D eigenvalue weighted by Gasteiger charge is 2.16. The van der Waals surface area contributed by atoms with E-state index in [2.05, 4.69) is 15.2 Å². The first-order valence-corrected chi connectivity index (χ1v) is 6.54. The number of aryl methyl sites for hydroxylation is 1. The summed E-state index contributed by atoms with van der Waals surface area (Å²) < 4.78 is 12.3. The van der Waals surface area contributed by atoms with Crippen LogP contribution in [0.3, 0.4) is 0 Å². The molecule has 0 fully saturated rings. The number of ether oxygens (including phenoxy) is 1. The number of aromatic nitrogens is 4. The van der Waals surface area contributed by atoms with Crippen molar-refractivity contribution in [2.75, 3.05) is 12.3 Å². The van der Waals surface area contributed by atoms with E-state index in [0.717, 1.165) is 11.3 Å². The monoisotopic (exact) mass is 285 g/mol. The average Bonchev–Trinajstić information content (AvgIpc) is 3.08. The van der Waals surface area contributed by atoms with Crippen molar-refractivity contribution in [2.45, 2.75) is 6.92 Å². The van der Waals surface area contributed by atoms with E-state index in [1.807, 2.05) is 31.2 Å². The molecule has 0 unspecified atom stereocenters. The molecule has 0 amide bonds. The number of rotatable bonds is 4. The third-order valence-corrected chi connectivity index (χ3v) is 3.04. The number of hydrogen-bond donors (Lipinski definition) is 1. The molecule has 7 heteroatoms. The lowest BCUT2D eigenvalue weighted by Gasteiger charge is -2.02. The first-order chi connectivity index (χ1) is 10.2. The van der Waals surface area contributed by atoms with E-state index in [0.29, 0.717) is 29.7 Å². The first kappa shape index (κ1) is 13.2. The van der Waals surface area contributed by atoms with Crippen molar-refractivity contribution < 1.29 is 9.26 Å². The Bertz CT molecular complexity index is 762. The highest BCUT2D eigenvalue weighted by atomic mass is 16.5. The molecule has 0 spiro atoms. The number of nitrogens with zero attached hydrogens (tertiary/aromatic N) is 4. The maximum absolute atomic E-state index is 5.90. The van der Waals surface area contributed by atoms with Gasteiger partial charge in [0.25, 0.3) is 5.89 Å². The molecular formula is C14H15N5O2. The zero-order valence-electron chi connectivity index (χ0n) is 11.8. The second-order valence-corrected chi connectivity index (χ2v) is 4.45. The van der Waals surface area contributed by atoms with Gasteiger partial charge in [-0.15, -0.1) is 0 Å². The molecule has 108 valence electrons. The van der Waals surface area contributed by atoms with Gasteiger partial charge in [0.05, 0.1) is 12.8 Å². The summed E-state index contributed by atoms with van der Waals surface area (Å²) in [7, 11) is 1.75. The molecule has 2 aromatic heterocycles. The smallest absolute Gasteiger partial charge is 0.263 e. The van der Waals surface area contributed by atoms with Crippen LogP contribution in [-0.2, 0) is 7.05 Å². The molecule has 2 heterocycles. The summed E-state index contributed by atoms with van der Waals surface area (Å²) >= 11 is 0. The molecule has 0 atom stereocenters. The summed E-state index contributed by atoms with van der Waals surface area (Å²) in [6, 6.07) is 7.52. The fourth-order valence-electron chi connectivity index (χ4n) is 1.95. The van der Waals surface area contributed by atoms with Gasteiger partial charge in [-0.25, -0.2) is 0 Å². The Hall–Kier alpha value is -2.83. The molecule has 0 aliphatic rings. The maximum atomic E-state index is 5.90. The molecule has 0 aliphatic heterocycles. The molecule has 7 nitrogen and oxygen atoms in total. The Labute approximate surface area is 121 Å². The summed E-state index contributed by atoms with van der Waals surface area (Å²) in [6.45, 7) is 2.54. The lowest BCUT2D eigenvalue weighted by molar-refractivity contribution is 0.340. The van der Waals surface area contributed by atoms with Gasteiger partial charge in [0, 0.05) is 12.6 Å². The van der Waals surface area contributed by atoms with E-state index in [1.54, 1.807) is 17.9 Å². The largest absolute Gasteiger partial charge is 0.494 e. The fourth-order valence-corrected chi connectivity index (χ4v) is 1.95. The molecule has 0 radical (unpaired) electrons. The van der Waals surface area contributed by atoms with Crippen LogP contribution < -0.4 is 10.5 Å². The minimum atomic E-state index is 0.345. The van der Waals surface area contributed by atoms with Crippen LogP contribution in [0.25, 0.3) is 22.8 Å². The molecule has 1 aromatic carbocycles. The van der Waals surface area contributed by atoms with Crippen LogP contribution in [-0.4, -0.2) is 26.5 Å². The molecule has 0 aliphatic carbocycles. The lowest BCUT2D eigenvalue weighted by Crippen LogP contribution is -1.98. The van der Waals surface area contributed by atoms with E-state index in [-0.39, 0.29) is 0 Å². The number of benzene rings is 1. The molecule has 0 bridgehead atoms. The Morgan fingerprint density at radius 1 is 1.38 bits per heavy atom. The Balaban J connectivity index is 1.95. The zero-order valence-corrected chi connectivity index (χ0v) is 11.8. The van der Waals surface area contributed by atoms with Crippen LogP contribution in [0.2, 0.25) is 0 Å². The Morgan fingerprint density at radius 3 is 2.95 bits per heavy atom. The van der Waals surface area contributed by atoms with Crippen LogP contribution in [0.4, 0.5) is 5.82 Å². The van der Waals surface area contributed by atoms with E-state index >= 15 is 0 Å². The maximum Gasteiger partial charge on any atom is 0.263 e. The van der Waals surface area contributed by atoms with Crippen molar-refractivity contribution in [3.8, 4) is 28.6 Å². The van der Waals surface area contributed by atoms with Gasteiger partial charge in [-0.1, -0.05) is 17.3 Å². The van der Waals surface area contributed by atoms with Crippen LogP contribution in [0.5, 0.6) is 5.75 Å². The van der Waals surface area contributed by atoms with Gasteiger partial charge in [0.1, 0.15) is 17.1 Å². The zero-order chi connectivity index (χ0) is 14.8. The quantitative estimate of drug-likeness (QED) is 0.789. The summed E-state index contributed by atoms with van der Waals surface area (Å²) in [5.41, 5.74) is 7.34. The summed E-state index contributed by atoms with van der Waals surface area (Å²) in [5, 5.41) is 8.04. The van der Waals surface area contributed by atoms with Crippen molar-refractivity contribution in [2.24, 2.45) is 7.05 Å². The number of nitrogen functional groups attached to an aromatic ring is 1. The standard InChI is InChI=1S/C14H15N5O2/c1-3-20-10-6-4-5-9(7-10)13-17-14(21-18-13)11-8-16-19(2)12(11)15/h4-8H,3,15H2,1-2H3. The SMILES string of the molecule is CCOc1cccc(-c2noc(-c3cnn(C)c3N)n2)c1. The molecular weight excluding hydrogens is 270 g/mol. The minimum absolute atomic E-state index is 0.345. The Kier molecular flexibility index (Phi) is 3.31. The highest BCUT2D eigenvalue weighted by molar-refractivity contribution is 5.68. The topological polar surface area (TPSA) is 92.0 Å². The van der Waals surface area contributed by atoms with Gasteiger partial charge in [-0.3, -0.25) is 4.68 Å². The van der Waals surface area contributed by atoms with Gasteiger partial charge in [-0.2, -0.15) is 10.1 Å². The van der Waals surface area contributed by atoms with Crippen molar-refractivity contribution in [3.05, 3.63) is 30.5 Å². The van der Waals surface area contributed by atoms with E-state index in [1.165, 1.54) is 0 Å². The molecule has 3 aromatic rings. The number of anilines is 1. The fraction of sp³-hybridized carbons (Fsp3) is 0.214. The van der Waals surface area contributed by atoms with Gasteiger partial charge < -0.3 is 15.0 Å². The van der Waals surface area contributed by atoms with Crippen LogP contribution >= 0.6 is 0 Å². The van der Waals surface area contributed by atoms with Crippen molar-refractivity contribution in [1.82, 2.24) is 19.9 Å². The van der Waals surface area contributed by atoms with Gasteiger partial charge in [0.2, 0.25) is 5.82 Å². The predicted molar refractivity (Wildman–Crippen MR) is 77.5 cm³/mol. The second kappa shape index (κ2) is 5.28. The van der Waals surface area contributed by atoms with Crippen LogP contribution in [0, 0.1) is 0 Å². The van der Waals surface area contributed by atoms with Gasteiger partial charge >= 0.3 is 0 Å². The lowest BCUT2D eigenvalue weighted by atomic mass is 10.2. The Morgan fingerprint density at radius 2 is 2.24 bits per heavy atom. The van der Waals surface area contributed by atoms with E-state index in [4.69, 9.17) is 15.0 Å².